The number of nitrogens with zero attached hydrogens (tertiary/aromatic N) is 1. The third kappa shape index (κ3) is 2.30. The zero-order chi connectivity index (χ0) is 9.84. The van der Waals surface area contributed by atoms with Crippen LogP contribution in [0.25, 0.3) is 0 Å². The number of nitrogens with one attached hydrogen (secondary N) is 1. The van der Waals surface area contributed by atoms with Gasteiger partial charge in [-0.05, 0) is 18.7 Å². The zero-order valence-corrected chi connectivity index (χ0v) is 8.04. The van der Waals surface area contributed by atoms with Crippen LogP contribution in [-0.2, 0) is 0 Å². The summed E-state index contributed by atoms with van der Waals surface area (Å²) in [5, 5.41) is 12.2. The molecule has 0 fully saturated rings. The van der Waals surface area contributed by atoms with E-state index in [1.807, 2.05) is 0 Å². The van der Waals surface area contributed by atoms with Gasteiger partial charge in [0, 0.05) is 6.20 Å². The lowest BCUT2D eigenvalue weighted by molar-refractivity contribution is 0.251. The molecule has 0 amide bonds. The molecule has 0 saturated carbocycles. The standard InChI is InChI=1S/C8H12ClN3O/c1-11-7(4-13)5-2-6(10)8(9)12-3-5/h2-3,7,11,13H,4,10H2,1H3. The summed E-state index contributed by atoms with van der Waals surface area (Å²) in [7, 11) is 1.76. The van der Waals surface area contributed by atoms with Gasteiger partial charge in [-0.1, -0.05) is 11.6 Å². The molecule has 1 heterocycles. The van der Waals surface area contributed by atoms with E-state index < -0.39 is 0 Å². The summed E-state index contributed by atoms with van der Waals surface area (Å²) in [4.78, 5) is 3.88. The molecule has 5 heteroatoms. The van der Waals surface area contributed by atoms with Gasteiger partial charge in [-0.15, -0.1) is 0 Å². The average molecular weight is 202 g/mol. The van der Waals surface area contributed by atoms with Gasteiger partial charge in [0.1, 0.15) is 0 Å². The molecule has 72 valence electrons. The third-order valence-corrected chi connectivity index (χ3v) is 2.14. The van der Waals surface area contributed by atoms with Crippen molar-refractivity contribution in [2.24, 2.45) is 0 Å². The summed E-state index contributed by atoms with van der Waals surface area (Å²) in [5.74, 6) is 0. The minimum atomic E-state index is -0.146. The summed E-state index contributed by atoms with van der Waals surface area (Å²) in [5.41, 5.74) is 6.81. The molecule has 13 heavy (non-hydrogen) atoms. The Morgan fingerprint density at radius 3 is 2.92 bits per heavy atom. The lowest BCUT2D eigenvalue weighted by atomic mass is 10.1. The van der Waals surface area contributed by atoms with Crippen LogP contribution >= 0.6 is 11.6 Å². The maximum atomic E-state index is 8.98. The van der Waals surface area contributed by atoms with E-state index in [-0.39, 0.29) is 17.8 Å². The predicted molar refractivity (Wildman–Crippen MR) is 52.5 cm³/mol. The number of anilines is 1. The molecule has 0 aliphatic rings. The van der Waals surface area contributed by atoms with Crippen molar-refractivity contribution in [2.75, 3.05) is 19.4 Å². The first-order chi connectivity index (χ1) is 6.19. The normalized spacial score (nSPS) is 12.8. The van der Waals surface area contributed by atoms with Crippen LogP contribution in [0.4, 0.5) is 5.69 Å². The van der Waals surface area contributed by atoms with E-state index in [4.69, 9.17) is 22.4 Å². The molecule has 0 aliphatic carbocycles. The highest BCUT2D eigenvalue weighted by molar-refractivity contribution is 6.31. The number of aliphatic hydroxyl groups is 1. The maximum absolute atomic E-state index is 8.98. The van der Waals surface area contributed by atoms with Crippen LogP contribution in [-0.4, -0.2) is 23.7 Å². The van der Waals surface area contributed by atoms with Crippen LogP contribution in [0.3, 0.4) is 0 Å². The second-order valence-electron chi connectivity index (χ2n) is 2.67. The fourth-order valence-electron chi connectivity index (χ4n) is 1.04. The Bertz CT molecular complexity index is 289. The molecule has 1 unspecified atom stereocenters. The number of nitrogen functional groups attached to an aromatic ring is 1. The van der Waals surface area contributed by atoms with E-state index in [0.29, 0.717) is 5.69 Å². The van der Waals surface area contributed by atoms with Gasteiger partial charge in [0.25, 0.3) is 0 Å². The van der Waals surface area contributed by atoms with E-state index in [0.717, 1.165) is 5.56 Å². The van der Waals surface area contributed by atoms with Gasteiger partial charge in [0.05, 0.1) is 18.3 Å². The van der Waals surface area contributed by atoms with Gasteiger partial charge >= 0.3 is 0 Å². The SMILES string of the molecule is CNC(CO)c1cnc(Cl)c(N)c1. The topological polar surface area (TPSA) is 71.2 Å². The molecule has 0 saturated heterocycles. The number of halogens is 1. The van der Waals surface area contributed by atoms with Crippen molar-refractivity contribution in [1.29, 1.82) is 0 Å². The average Bonchev–Trinajstić information content (AvgIpc) is 2.13. The molecule has 0 aromatic carbocycles. The highest BCUT2D eigenvalue weighted by atomic mass is 35.5. The molecule has 1 aromatic rings. The minimum absolute atomic E-state index is 0.000742. The third-order valence-electron chi connectivity index (χ3n) is 1.82. The fourth-order valence-corrected chi connectivity index (χ4v) is 1.14. The molecule has 0 radical (unpaired) electrons. The van der Waals surface area contributed by atoms with Crippen LogP contribution in [0.5, 0.6) is 0 Å². The fraction of sp³-hybridized carbons (Fsp3) is 0.375. The maximum Gasteiger partial charge on any atom is 0.151 e. The van der Waals surface area contributed by atoms with E-state index in [9.17, 15) is 0 Å². The highest BCUT2D eigenvalue weighted by Crippen LogP contribution is 2.19. The van der Waals surface area contributed by atoms with Gasteiger partial charge < -0.3 is 16.2 Å². The van der Waals surface area contributed by atoms with Crippen molar-refractivity contribution in [2.45, 2.75) is 6.04 Å². The predicted octanol–water partition coefficient (Wildman–Crippen LogP) is 0.570. The Morgan fingerprint density at radius 1 is 1.77 bits per heavy atom. The lowest BCUT2D eigenvalue weighted by Gasteiger charge is -2.13. The second-order valence-corrected chi connectivity index (χ2v) is 3.03. The Labute approximate surface area is 81.7 Å². The quantitative estimate of drug-likeness (QED) is 0.626. The van der Waals surface area contributed by atoms with Gasteiger partial charge in [-0.3, -0.25) is 0 Å². The van der Waals surface area contributed by atoms with Crippen molar-refractivity contribution >= 4 is 17.3 Å². The van der Waals surface area contributed by atoms with Gasteiger partial charge in [0.2, 0.25) is 0 Å². The summed E-state index contributed by atoms with van der Waals surface area (Å²) in [6, 6.07) is 1.55. The summed E-state index contributed by atoms with van der Waals surface area (Å²) >= 11 is 5.65. The van der Waals surface area contributed by atoms with Crippen LogP contribution in [0.1, 0.15) is 11.6 Å². The molecule has 1 atom stereocenters. The molecule has 0 aliphatic heterocycles. The first kappa shape index (κ1) is 10.2. The largest absolute Gasteiger partial charge is 0.396 e. The van der Waals surface area contributed by atoms with E-state index in [1.165, 1.54) is 0 Å². The van der Waals surface area contributed by atoms with Crippen molar-refractivity contribution in [1.82, 2.24) is 10.3 Å². The lowest BCUT2D eigenvalue weighted by Crippen LogP contribution is -2.20. The molecular formula is C8H12ClN3O. The molecule has 4 nitrogen and oxygen atoms in total. The number of nitrogens with two attached hydrogens (primary N) is 1. The number of rotatable bonds is 3. The molecule has 1 rings (SSSR count). The Morgan fingerprint density at radius 2 is 2.46 bits per heavy atom. The van der Waals surface area contributed by atoms with Crippen LogP contribution < -0.4 is 11.1 Å². The molecule has 1 aromatic heterocycles. The van der Waals surface area contributed by atoms with Gasteiger partial charge in [-0.25, -0.2) is 4.98 Å². The number of hydrogen-bond acceptors (Lipinski definition) is 4. The van der Waals surface area contributed by atoms with E-state index in [1.54, 1.807) is 19.3 Å². The second kappa shape index (κ2) is 4.41. The first-order valence-corrected chi connectivity index (χ1v) is 4.26. The first-order valence-electron chi connectivity index (χ1n) is 3.88. The summed E-state index contributed by atoms with van der Waals surface area (Å²) < 4.78 is 0. The highest BCUT2D eigenvalue weighted by Gasteiger charge is 2.09. The van der Waals surface area contributed by atoms with Gasteiger partial charge in [-0.2, -0.15) is 0 Å². The molecule has 0 spiro atoms. The number of aliphatic hydroxyl groups excluding tert-OH is 1. The van der Waals surface area contributed by atoms with Gasteiger partial charge in [0.15, 0.2) is 5.15 Å². The van der Waals surface area contributed by atoms with E-state index in [2.05, 4.69) is 10.3 Å². The van der Waals surface area contributed by atoms with Crippen molar-refractivity contribution < 1.29 is 5.11 Å². The number of aromatic nitrogens is 1. The molecule has 4 N–H and O–H groups in total. The Kier molecular flexibility index (Phi) is 3.48. The van der Waals surface area contributed by atoms with E-state index >= 15 is 0 Å². The van der Waals surface area contributed by atoms with Crippen molar-refractivity contribution in [3.05, 3.63) is 23.0 Å². The summed E-state index contributed by atoms with van der Waals surface area (Å²) in [6.07, 6.45) is 1.59. The zero-order valence-electron chi connectivity index (χ0n) is 7.29. The minimum Gasteiger partial charge on any atom is -0.396 e. The summed E-state index contributed by atoms with van der Waals surface area (Å²) in [6.45, 7) is -0.000742. The number of pyridine rings is 1. The number of hydrogen-bond donors (Lipinski definition) is 3. The van der Waals surface area contributed by atoms with Crippen molar-refractivity contribution in [3.63, 3.8) is 0 Å². The van der Waals surface area contributed by atoms with Crippen molar-refractivity contribution in [3.8, 4) is 0 Å². The van der Waals surface area contributed by atoms with Crippen LogP contribution in [0.15, 0.2) is 12.3 Å². The molecular weight excluding hydrogens is 190 g/mol. The number of likely N-dealkylation sites (N-methyl/N-ethyl adjacent to an activating group) is 1. The smallest absolute Gasteiger partial charge is 0.151 e. The van der Waals surface area contributed by atoms with Crippen LogP contribution in [0, 0.1) is 0 Å². The molecule has 0 bridgehead atoms. The van der Waals surface area contributed by atoms with Crippen LogP contribution in [0.2, 0.25) is 5.15 Å². The monoisotopic (exact) mass is 201 g/mol. The Balaban J connectivity index is 2.95. The Hall–Kier alpha value is -0.840.